The Labute approximate surface area is 141 Å². The maximum Gasteiger partial charge on any atom is 0.250 e. The molecule has 6 heteroatoms. The van der Waals surface area contributed by atoms with Crippen LogP contribution in [0.15, 0.2) is 54.4 Å². The van der Waals surface area contributed by atoms with Gasteiger partial charge in [-0.25, -0.2) is 0 Å². The van der Waals surface area contributed by atoms with Gasteiger partial charge in [-0.05, 0) is 44.5 Å². The SMILES string of the molecule is CCC=C(C)C(=O)Nc1cccc(NC(=O)C(C)n2cccn2)c1. The van der Waals surface area contributed by atoms with Crippen LogP contribution in [0.2, 0.25) is 0 Å². The summed E-state index contributed by atoms with van der Waals surface area (Å²) in [5.41, 5.74) is 1.92. The number of benzene rings is 1. The molecule has 1 aromatic heterocycles. The van der Waals surface area contributed by atoms with Gasteiger partial charge in [-0.2, -0.15) is 5.10 Å². The molecule has 2 amide bonds. The molecule has 6 nitrogen and oxygen atoms in total. The maximum atomic E-state index is 12.3. The largest absolute Gasteiger partial charge is 0.324 e. The standard InChI is InChI=1S/C18H22N4O2/c1-4-7-13(2)17(23)20-15-8-5-9-16(12-15)21-18(24)14(3)22-11-6-10-19-22/h5-12,14H,4H2,1-3H3,(H,20,23)(H,21,24). The molecular weight excluding hydrogens is 304 g/mol. The molecule has 0 radical (unpaired) electrons. The Bertz CT molecular complexity index is 735. The Morgan fingerprint density at radius 1 is 1.25 bits per heavy atom. The monoisotopic (exact) mass is 326 g/mol. The minimum Gasteiger partial charge on any atom is -0.324 e. The maximum absolute atomic E-state index is 12.3. The molecule has 126 valence electrons. The first-order valence-corrected chi connectivity index (χ1v) is 7.89. The molecule has 0 saturated heterocycles. The summed E-state index contributed by atoms with van der Waals surface area (Å²) < 4.78 is 1.58. The van der Waals surface area contributed by atoms with Gasteiger partial charge in [0.1, 0.15) is 6.04 Å². The van der Waals surface area contributed by atoms with Crippen LogP contribution >= 0.6 is 0 Å². The molecule has 2 aromatic rings. The summed E-state index contributed by atoms with van der Waals surface area (Å²) >= 11 is 0. The van der Waals surface area contributed by atoms with Crippen LogP contribution in [0.25, 0.3) is 0 Å². The predicted octanol–water partition coefficient (Wildman–Crippen LogP) is 3.38. The molecule has 2 rings (SSSR count). The predicted molar refractivity (Wildman–Crippen MR) is 94.7 cm³/mol. The van der Waals surface area contributed by atoms with Crippen molar-refractivity contribution in [3.05, 3.63) is 54.4 Å². The lowest BCUT2D eigenvalue weighted by atomic mass is 10.2. The Hall–Kier alpha value is -2.89. The van der Waals surface area contributed by atoms with Crippen LogP contribution in [0.4, 0.5) is 11.4 Å². The number of carbonyl (C=O) groups is 2. The second-order valence-corrected chi connectivity index (χ2v) is 5.48. The Morgan fingerprint density at radius 2 is 1.96 bits per heavy atom. The van der Waals surface area contributed by atoms with Crippen LogP contribution in [0, 0.1) is 0 Å². The minimum absolute atomic E-state index is 0.148. The smallest absolute Gasteiger partial charge is 0.250 e. The Kier molecular flexibility index (Phi) is 5.89. The molecule has 2 N–H and O–H groups in total. The van der Waals surface area contributed by atoms with Crippen molar-refractivity contribution >= 4 is 23.2 Å². The summed E-state index contributed by atoms with van der Waals surface area (Å²) in [5, 5.41) is 9.72. The molecular formula is C18H22N4O2. The van der Waals surface area contributed by atoms with E-state index in [4.69, 9.17) is 0 Å². The van der Waals surface area contributed by atoms with Gasteiger partial charge in [-0.15, -0.1) is 0 Å². The van der Waals surface area contributed by atoms with Gasteiger partial charge in [-0.3, -0.25) is 14.3 Å². The average molecular weight is 326 g/mol. The van der Waals surface area contributed by atoms with Gasteiger partial charge < -0.3 is 10.6 Å². The average Bonchev–Trinajstić information content (AvgIpc) is 3.09. The molecule has 0 aliphatic rings. The summed E-state index contributed by atoms with van der Waals surface area (Å²) in [7, 11) is 0. The van der Waals surface area contributed by atoms with Gasteiger partial charge in [0.25, 0.3) is 5.91 Å². The summed E-state index contributed by atoms with van der Waals surface area (Å²) in [6.45, 7) is 5.52. The zero-order valence-electron chi connectivity index (χ0n) is 14.1. The third-order valence-corrected chi connectivity index (χ3v) is 3.56. The van der Waals surface area contributed by atoms with E-state index < -0.39 is 6.04 Å². The summed E-state index contributed by atoms with van der Waals surface area (Å²) in [4.78, 5) is 24.3. The van der Waals surface area contributed by atoms with Gasteiger partial charge in [0.15, 0.2) is 0 Å². The van der Waals surface area contributed by atoms with Crippen molar-refractivity contribution < 1.29 is 9.59 Å². The van der Waals surface area contributed by atoms with Crippen LogP contribution in [-0.2, 0) is 9.59 Å². The lowest BCUT2D eigenvalue weighted by Crippen LogP contribution is -2.24. The van der Waals surface area contributed by atoms with Crippen molar-refractivity contribution in [2.45, 2.75) is 33.2 Å². The zero-order valence-corrected chi connectivity index (χ0v) is 14.1. The van der Waals surface area contributed by atoms with Crippen molar-refractivity contribution in [1.82, 2.24) is 9.78 Å². The van der Waals surface area contributed by atoms with Crippen molar-refractivity contribution in [2.24, 2.45) is 0 Å². The fraction of sp³-hybridized carbons (Fsp3) is 0.278. The van der Waals surface area contributed by atoms with E-state index in [0.717, 1.165) is 6.42 Å². The van der Waals surface area contributed by atoms with Gasteiger partial charge in [0, 0.05) is 29.3 Å². The molecule has 1 atom stereocenters. The quantitative estimate of drug-likeness (QED) is 0.799. The highest BCUT2D eigenvalue weighted by Gasteiger charge is 2.15. The van der Waals surface area contributed by atoms with Crippen molar-refractivity contribution in [2.75, 3.05) is 10.6 Å². The number of nitrogens with one attached hydrogen (secondary N) is 2. The highest BCUT2D eigenvalue weighted by molar-refractivity contribution is 6.03. The van der Waals surface area contributed by atoms with E-state index in [1.165, 1.54) is 0 Å². The van der Waals surface area contributed by atoms with E-state index in [1.807, 2.05) is 13.0 Å². The van der Waals surface area contributed by atoms with Gasteiger partial charge in [-0.1, -0.05) is 19.1 Å². The molecule has 0 aliphatic carbocycles. The number of allylic oxidation sites excluding steroid dienone is 1. The molecule has 0 aliphatic heterocycles. The fourth-order valence-corrected chi connectivity index (χ4v) is 2.18. The second-order valence-electron chi connectivity index (χ2n) is 5.48. The molecule has 0 saturated carbocycles. The first-order chi connectivity index (χ1) is 11.5. The summed E-state index contributed by atoms with van der Waals surface area (Å²) in [6.07, 6.45) is 6.04. The molecule has 0 bridgehead atoms. The first kappa shape index (κ1) is 17.5. The third-order valence-electron chi connectivity index (χ3n) is 3.56. The van der Waals surface area contributed by atoms with Crippen molar-refractivity contribution in [1.29, 1.82) is 0 Å². The number of aromatic nitrogens is 2. The van der Waals surface area contributed by atoms with Crippen molar-refractivity contribution in [3.63, 3.8) is 0 Å². The van der Waals surface area contributed by atoms with Crippen LogP contribution in [0.3, 0.4) is 0 Å². The second kappa shape index (κ2) is 8.10. The van der Waals surface area contributed by atoms with E-state index in [1.54, 1.807) is 61.3 Å². The van der Waals surface area contributed by atoms with Crippen LogP contribution in [0.1, 0.15) is 33.2 Å². The number of carbonyl (C=O) groups excluding carboxylic acids is 2. The van der Waals surface area contributed by atoms with Gasteiger partial charge >= 0.3 is 0 Å². The van der Waals surface area contributed by atoms with Crippen LogP contribution in [0.5, 0.6) is 0 Å². The van der Waals surface area contributed by atoms with Gasteiger partial charge in [0.05, 0.1) is 0 Å². The van der Waals surface area contributed by atoms with Crippen LogP contribution in [-0.4, -0.2) is 21.6 Å². The highest BCUT2D eigenvalue weighted by atomic mass is 16.2. The lowest BCUT2D eigenvalue weighted by Gasteiger charge is -2.13. The van der Waals surface area contributed by atoms with E-state index >= 15 is 0 Å². The van der Waals surface area contributed by atoms with E-state index in [9.17, 15) is 9.59 Å². The highest BCUT2D eigenvalue weighted by Crippen LogP contribution is 2.17. The van der Waals surface area contributed by atoms with Crippen LogP contribution < -0.4 is 10.6 Å². The number of anilines is 2. The molecule has 1 heterocycles. The van der Waals surface area contributed by atoms with E-state index in [0.29, 0.717) is 16.9 Å². The fourth-order valence-electron chi connectivity index (χ4n) is 2.18. The molecule has 0 spiro atoms. The Balaban J connectivity index is 2.03. The van der Waals surface area contributed by atoms with E-state index in [-0.39, 0.29) is 11.8 Å². The topological polar surface area (TPSA) is 76.0 Å². The van der Waals surface area contributed by atoms with Crippen molar-refractivity contribution in [3.8, 4) is 0 Å². The number of amides is 2. The van der Waals surface area contributed by atoms with E-state index in [2.05, 4.69) is 15.7 Å². The zero-order chi connectivity index (χ0) is 17.5. The Morgan fingerprint density at radius 3 is 2.58 bits per heavy atom. The third kappa shape index (κ3) is 4.55. The molecule has 1 unspecified atom stereocenters. The number of rotatable bonds is 6. The summed E-state index contributed by atoms with van der Waals surface area (Å²) in [5.74, 6) is -0.325. The number of nitrogens with zero attached hydrogens (tertiary/aromatic N) is 2. The normalized spacial score (nSPS) is 12.5. The molecule has 24 heavy (non-hydrogen) atoms. The number of hydrogen-bond acceptors (Lipinski definition) is 3. The first-order valence-electron chi connectivity index (χ1n) is 7.89. The molecule has 0 fully saturated rings. The summed E-state index contributed by atoms with van der Waals surface area (Å²) in [6, 6.07) is 8.41. The minimum atomic E-state index is -0.423. The molecule has 1 aromatic carbocycles. The lowest BCUT2D eigenvalue weighted by molar-refractivity contribution is -0.119. The van der Waals surface area contributed by atoms with Gasteiger partial charge in [0.2, 0.25) is 5.91 Å². The number of hydrogen-bond donors (Lipinski definition) is 2.